The summed E-state index contributed by atoms with van der Waals surface area (Å²) in [5.74, 6) is 0.113. The molecule has 1 unspecified atom stereocenters. The summed E-state index contributed by atoms with van der Waals surface area (Å²) in [5.41, 5.74) is 1.38. The molecule has 19 heavy (non-hydrogen) atoms. The number of benzene rings is 1. The van der Waals surface area contributed by atoms with Gasteiger partial charge in [-0.1, -0.05) is 18.2 Å². The molecule has 0 saturated heterocycles. The average molecular weight is 258 g/mol. The molecule has 4 heteroatoms. The SMILES string of the molecule is O=C(O)CC1C2=C(CCCC2=O)Oc2ccccc21. The van der Waals surface area contributed by atoms with Crippen LogP contribution in [-0.4, -0.2) is 16.9 Å². The standard InChI is InChI=1S/C15H14O4/c16-11-5-3-7-13-15(11)10(8-14(17)18)9-4-1-2-6-12(9)19-13/h1-2,4,6,10H,3,5,7-8H2,(H,17,18). The van der Waals surface area contributed by atoms with Crippen molar-refractivity contribution in [1.29, 1.82) is 0 Å². The van der Waals surface area contributed by atoms with Crippen LogP contribution in [0.3, 0.4) is 0 Å². The second kappa shape index (κ2) is 4.53. The van der Waals surface area contributed by atoms with Crippen LogP contribution in [0, 0.1) is 0 Å². The van der Waals surface area contributed by atoms with E-state index in [2.05, 4.69) is 0 Å². The van der Waals surface area contributed by atoms with Crippen molar-refractivity contribution in [2.75, 3.05) is 0 Å². The van der Waals surface area contributed by atoms with Crippen molar-refractivity contribution in [3.05, 3.63) is 41.2 Å². The molecule has 1 aliphatic carbocycles. The normalized spacial score (nSPS) is 21.5. The Morgan fingerprint density at radius 2 is 2.11 bits per heavy atom. The summed E-state index contributed by atoms with van der Waals surface area (Å²) < 4.78 is 5.78. The number of aliphatic carboxylic acids is 1. The first kappa shape index (κ1) is 12.0. The van der Waals surface area contributed by atoms with Crippen molar-refractivity contribution in [2.24, 2.45) is 0 Å². The number of rotatable bonds is 2. The molecular formula is C15H14O4. The van der Waals surface area contributed by atoms with Crippen LogP contribution in [-0.2, 0) is 9.59 Å². The number of hydrogen-bond donors (Lipinski definition) is 1. The first-order chi connectivity index (χ1) is 9.16. The highest BCUT2D eigenvalue weighted by molar-refractivity contribution is 5.99. The van der Waals surface area contributed by atoms with E-state index in [9.17, 15) is 9.59 Å². The third-order valence-corrected chi connectivity index (χ3v) is 3.66. The van der Waals surface area contributed by atoms with Crippen LogP contribution in [0.2, 0.25) is 0 Å². The predicted molar refractivity (Wildman–Crippen MR) is 67.9 cm³/mol. The summed E-state index contributed by atoms with van der Waals surface area (Å²) in [6, 6.07) is 7.37. The van der Waals surface area contributed by atoms with Crippen LogP contribution in [0.15, 0.2) is 35.6 Å². The summed E-state index contributed by atoms with van der Waals surface area (Å²) in [7, 11) is 0. The molecule has 1 atom stereocenters. The molecule has 4 nitrogen and oxygen atoms in total. The van der Waals surface area contributed by atoms with Gasteiger partial charge < -0.3 is 9.84 Å². The van der Waals surface area contributed by atoms with E-state index in [0.717, 1.165) is 12.0 Å². The number of carboxylic acid groups (broad SMARTS) is 1. The summed E-state index contributed by atoms with van der Waals surface area (Å²) >= 11 is 0. The summed E-state index contributed by atoms with van der Waals surface area (Å²) in [5, 5.41) is 9.09. The third kappa shape index (κ3) is 2.03. The lowest BCUT2D eigenvalue weighted by Crippen LogP contribution is -2.26. The Hall–Kier alpha value is -2.10. The Balaban J connectivity index is 2.11. The van der Waals surface area contributed by atoms with E-state index >= 15 is 0 Å². The van der Waals surface area contributed by atoms with Gasteiger partial charge in [-0.25, -0.2) is 0 Å². The molecule has 0 spiro atoms. The molecule has 0 amide bonds. The van der Waals surface area contributed by atoms with Gasteiger partial charge in [0, 0.05) is 29.9 Å². The second-order valence-corrected chi connectivity index (χ2v) is 4.90. The lowest BCUT2D eigenvalue weighted by Gasteiger charge is -2.31. The maximum absolute atomic E-state index is 12.1. The Labute approximate surface area is 110 Å². The van der Waals surface area contributed by atoms with Crippen LogP contribution in [0.4, 0.5) is 0 Å². The topological polar surface area (TPSA) is 63.6 Å². The number of carbonyl (C=O) groups is 2. The van der Waals surface area contributed by atoms with Gasteiger partial charge >= 0.3 is 5.97 Å². The summed E-state index contributed by atoms with van der Waals surface area (Å²) in [6.45, 7) is 0. The lowest BCUT2D eigenvalue weighted by atomic mass is 9.79. The van der Waals surface area contributed by atoms with Gasteiger partial charge in [0.05, 0.1) is 6.42 Å². The largest absolute Gasteiger partial charge is 0.481 e. The minimum Gasteiger partial charge on any atom is -0.481 e. The Morgan fingerprint density at radius 3 is 2.89 bits per heavy atom. The van der Waals surface area contributed by atoms with E-state index in [0.29, 0.717) is 29.9 Å². The maximum atomic E-state index is 12.1. The minimum atomic E-state index is -0.896. The van der Waals surface area contributed by atoms with Crippen molar-refractivity contribution in [3.63, 3.8) is 0 Å². The zero-order valence-corrected chi connectivity index (χ0v) is 10.4. The van der Waals surface area contributed by atoms with Crippen LogP contribution < -0.4 is 4.74 Å². The molecule has 0 fully saturated rings. The molecule has 1 aromatic carbocycles. The number of para-hydroxylation sites is 1. The second-order valence-electron chi connectivity index (χ2n) is 4.90. The van der Waals surface area contributed by atoms with Crippen molar-refractivity contribution in [2.45, 2.75) is 31.6 Å². The lowest BCUT2D eigenvalue weighted by molar-refractivity contribution is -0.137. The number of ether oxygens (including phenoxy) is 1. The van der Waals surface area contributed by atoms with Crippen molar-refractivity contribution in [3.8, 4) is 5.75 Å². The average Bonchev–Trinajstić information content (AvgIpc) is 2.38. The highest BCUT2D eigenvalue weighted by Gasteiger charge is 2.36. The molecule has 0 radical (unpaired) electrons. The van der Waals surface area contributed by atoms with Crippen molar-refractivity contribution >= 4 is 11.8 Å². The van der Waals surface area contributed by atoms with Crippen molar-refractivity contribution in [1.82, 2.24) is 0 Å². The fourth-order valence-corrected chi connectivity index (χ4v) is 2.87. The van der Waals surface area contributed by atoms with Gasteiger partial charge in [-0.15, -0.1) is 0 Å². The number of carboxylic acids is 1. The van der Waals surface area contributed by atoms with Crippen LogP contribution in [0.5, 0.6) is 5.75 Å². The molecule has 3 rings (SSSR count). The van der Waals surface area contributed by atoms with Gasteiger partial charge in [0.15, 0.2) is 5.78 Å². The highest BCUT2D eigenvalue weighted by atomic mass is 16.5. The first-order valence-electron chi connectivity index (χ1n) is 6.41. The third-order valence-electron chi connectivity index (χ3n) is 3.66. The number of allylic oxidation sites excluding steroid dienone is 2. The number of hydrogen-bond acceptors (Lipinski definition) is 3. The molecule has 98 valence electrons. The van der Waals surface area contributed by atoms with Crippen molar-refractivity contribution < 1.29 is 19.4 Å². The quantitative estimate of drug-likeness (QED) is 0.885. The Bertz CT molecular complexity index is 586. The summed E-state index contributed by atoms with van der Waals surface area (Å²) in [4.78, 5) is 23.2. The van der Waals surface area contributed by atoms with Crippen LogP contribution >= 0.6 is 0 Å². The van der Waals surface area contributed by atoms with E-state index in [1.165, 1.54) is 0 Å². The fraction of sp³-hybridized carbons (Fsp3) is 0.333. The van der Waals surface area contributed by atoms with E-state index < -0.39 is 5.97 Å². The number of ketones is 1. The van der Waals surface area contributed by atoms with Crippen LogP contribution in [0.1, 0.15) is 37.2 Å². The van der Waals surface area contributed by atoms with Gasteiger partial charge in [0.25, 0.3) is 0 Å². The van der Waals surface area contributed by atoms with Crippen LogP contribution in [0.25, 0.3) is 0 Å². The molecule has 0 aromatic heterocycles. The fourth-order valence-electron chi connectivity index (χ4n) is 2.87. The van der Waals surface area contributed by atoms with Gasteiger partial charge in [-0.3, -0.25) is 9.59 Å². The van der Waals surface area contributed by atoms with Gasteiger partial charge in [-0.05, 0) is 12.5 Å². The molecule has 2 aliphatic rings. The molecule has 1 heterocycles. The monoisotopic (exact) mass is 258 g/mol. The smallest absolute Gasteiger partial charge is 0.304 e. The summed E-state index contributed by atoms with van der Waals surface area (Å²) in [6.07, 6.45) is 1.91. The van der Waals surface area contributed by atoms with E-state index in [1.54, 1.807) is 0 Å². The molecular weight excluding hydrogens is 244 g/mol. The predicted octanol–water partition coefficient (Wildman–Crippen LogP) is 2.64. The van der Waals surface area contributed by atoms with Gasteiger partial charge in [0.2, 0.25) is 0 Å². The number of fused-ring (bicyclic) bond motifs is 1. The zero-order valence-electron chi connectivity index (χ0n) is 10.4. The number of Topliss-reactive ketones (excluding diaryl/α,β-unsaturated/α-hetero) is 1. The Morgan fingerprint density at radius 1 is 1.32 bits per heavy atom. The molecule has 1 aromatic rings. The van der Waals surface area contributed by atoms with Gasteiger partial charge in [-0.2, -0.15) is 0 Å². The molecule has 1 aliphatic heterocycles. The van der Waals surface area contributed by atoms with Gasteiger partial charge in [0.1, 0.15) is 11.5 Å². The first-order valence-corrected chi connectivity index (χ1v) is 6.41. The molecule has 0 saturated carbocycles. The van der Waals surface area contributed by atoms with E-state index in [1.807, 2.05) is 24.3 Å². The Kier molecular flexibility index (Phi) is 2.85. The highest BCUT2D eigenvalue weighted by Crippen LogP contribution is 2.44. The van der Waals surface area contributed by atoms with E-state index in [4.69, 9.17) is 9.84 Å². The zero-order chi connectivity index (χ0) is 13.4. The molecule has 0 bridgehead atoms. The molecule has 1 N–H and O–H groups in total. The minimum absolute atomic E-state index is 0.0296. The number of carbonyl (C=O) groups excluding carboxylic acids is 1. The van der Waals surface area contributed by atoms with E-state index in [-0.39, 0.29) is 18.1 Å². The maximum Gasteiger partial charge on any atom is 0.304 e.